The van der Waals surface area contributed by atoms with E-state index in [1.54, 1.807) is 0 Å². The minimum Gasteiger partial charge on any atom is -0.454 e. The third-order valence-corrected chi connectivity index (χ3v) is 6.73. The van der Waals surface area contributed by atoms with E-state index in [4.69, 9.17) is 9.15 Å². The lowest BCUT2D eigenvalue weighted by Crippen LogP contribution is -2.50. The summed E-state index contributed by atoms with van der Waals surface area (Å²) >= 11 is 0. The summed E-state index contributed by atoms with van der Waals surface area (Å²) in [6.07, 6.45) is 10.7. The molecule has 2 fully saturated rings. The van der Waals surface area contributed by atoms with Gasteiger partial charge >= 0.3 is 11.7 Å². The van der Waals surface area contributed by atoms with Crippen molar-refractivity contribution in [3.8, 4) is 0 Å². The fourth-order valence-electron chi connectivity index (χ4n) is 5.13. The third-order valence-electron chi connectivity index (χ3n) is 6.73. The van der Waals surface area contributed by atoms with Crippen LogP contribution in [0.1, 0.15) is 64.2 Å². The average molecular weight is 459 g/mol. The maximum absolute atomic E-state index is 13.1. The van der Waals surface area contributed by atoms with Crippen molar-refractivity contribution in [1.82, 2.24) is 9.47 Å². The van der Waals surface area contributed by atoms with Gasteiger partial charge in [0.2, 0.25) is 0 Å². The number of nitro benzene ring substituents is 1. The van der Waals surface area contributed by atoms with Crippen molar-refractivity contribution < 1.29 is 23.7 Å². The molecule has 1 amide bonds. The Morgan fingerprint density at radius 2 is 1.67 bits per heavy atom. The maximum Gasteiger partial charge on any atom is 0.420 e. The van der Waals surface area contributed by atoms with E-state index in [1.165, 1.54) is 25.0 Å². The molecule has 0 radical (unpaired) electrons. The van der Waals surface area contributed by atoms with Crippen LogP contribution in [0.4, 0.5) is 5.69 Å². The van der Waals surface area contributed by atoms with Crippen molar-refractivity contribution >= 4 is 28.7 Å². The van der Waals surface area contributed by atoms with E-state index in [0.29, 0.717) is 0 Å². The van der Waals surface area contributed by atoms with Gasteiger partial charge in [0.05, 0.1) is 16.5 Å². The van der Waals surface area contributed by atoms with Crippen LogP contribution in [0.5, 0.6) is 0 Å². The molecule has 1 aromatic carbocycles. The zero-order valence-electron chi connectivity index (χ0n) is 18.6. The fourth-order valence-corrected chi connectivity index (χ4v) is 5.13. The number of fused-ring (bicyclic) bond motifs is 1. The number of carbonyl (C=O) groups is 2. The highest BCUT2D eigenvalue weighted by atomic mass is 16.6. The molecule has 1 aromatic heterocycles. The topological polar surface area (TPSA) is 125 Å². The van der Waals surface area contributed by atoms with Gasteiger partial charge < -0.3 is 14.1 Å². The number of aromatic nitrogens is 1. The van der Waals surface area contributed by atoms with Crippen molar-refractivity contribution in [2.75, 3.05) is 6.61 Å². The maximum atomic E-state index is 13.1. The van der Waals surface area contributed by atoms with Crippen molar-refractivity contribution in [3.05, 3.63) is 38.9 Å². The summed E-state index contributed by atoms with van der Waals surface area (Å²) in [6, 6.07) is 4.11. The molecule has 10 nitrogen and oxygen atoms in total. The van der Waals surface area contributed by atoms with Crippen molar-refractivity contribution in [2.24, 2.45) is 0 Å². The first-order valence-corrected chi connectivity index (χ1v) is 11.7. The van der Waals surface area contributed by atoms with Gasteiger partial charge in [-0.05, 0) is 31.7 Å². The molecule has 0 spiro atoms. The van der Waals surface area contributed by atoms with Gasteiger partial charge in [-0.3, -0.25) is 24.3 Å². The zero-order chi connectivity index (χ0) is 23.4. The number of ether oxygens (including phenoxy) is 1. The van der Waals surface area contributed by atoms with E-state index in [0.717, 1.165) is 62.0 Å². The number of non-ortho nitro benzene ring substituents is 1. The van der Waals surface area contributed by atoms with E-state index in [-0.39, 0.29) is 41.4 Å². The molecule has 4 rings (SSSR count). The molecule has 10 heteroatoms. The molecular formula is C23H29N3O7. The lowest BCUT2D eigenvalue weighted by Gasteiger charge is -2.41. The smallest absolute Gasteiger partial charge is 0.420 e. The molecule has 33 heavy (non-hydrogen) atoms. The molecule has 2 aliphatic rings. The quantitative estimate of drug-likeness (QED) is 0.352. The van der Waals surface area contributed by atoms with Crippen molar-refractivity contribution in [3.63, 3.8) is 0 Å². The van der Waals surface area contributed by atoms with Crippen molar-refractivity contribution in [2.45, 2.75) is 82.8 Å². The van der Waals surface area contributed by atoms with Gasteiger partial charge in [-0.15, -0.1) is 0 Å². The van der Waals surface area contributed by atoms with E-state index in [2.05, 4.69) is 0 Å². The molecule has 0 aliphatic heterocycles. The largest absolute Gasteiger partial charge is 0.454 e. The molecule has 0 atom stereocenters. The minimum absolute atomic E-state index is 0.0128. The van der Waals surface area contributed by atoms with Gasteiger partial charge in [-0.1, -0.05) is 38.5 Å². The molecule has 2 aromatic rings. The molecule has 0 N–H and O–H groups in total. The number of hydrogen-bond donors (Lipinski definition) is 0. The highest BCUT2D eigenvalue weighted by Crippen LogP contribution is 2.30. The number of nitrogens with zero attached hydrogens (tertiary/aromatic N) is 3. The van der Waals surface area contributed by atoms with Crippen LogP contribution in [-0.2, 0) is 20.9 Å². The number of hydrogen-bond acceptors (Lipinski definition) is 7. The number of oxazole rings is 1. The Morgan fingerprint density at radius 3 is 2.24 bits per heavy atom. The lowest BCUT2D eigenvalue weighted by atomic mass is 9.88. The number of carbonyl (C=O) groups excluding carboxylic acids is 2. The van der Waals surface area contributed by atoms with Crippen LogP contribution in [0.15, 0.2) is 27.4 Å². The molecule has 2 aliphatic carbocycles. The summed E-state index contributed by atoms with van der Waals surface area (Å²) < 4.78 is 11.3. The van der Waals surface area contributed by atoms with E-state index >= 15 is 0 Å². The Balaban J connectivity index is 1.41. The first-order chi connectivity index (χ1) is 15.9. The molecular weight excluding hydrogens is 430 g/mol. The van der Waals surface area contributed by atoms with Gasteiger partial charge in [-0.2, -0.15) is 0 Å². The van der Waals surface area contributed by atoms with Crippen LogP contribution in [0, 0.1) is 10.1 Å². The summed E-state index contributed by atoms with van der Waals surface area (Å²) in [5.74, 6) is -1.74. The Morgan fingerprint density at radius 1 is 1.06 bits per heavy atom. The highest BCUT2D eigenvalue weighted by molar-refractivity contribution is 5.82. The molecule has 1 heterocycles. The Kier molecular flexibility index (Phi) is 7.10. The first-order valence-electron chi connectivity index (χ1n) is 11.7. The third kappa shape index (κ3) is 5.26. The normalized spacial score (nSPS) is 17.7. The standard InChI is InChI=1S/C23H29N3O7/c27-21(25(16-7-3-1-4-8-16)17-9-5-2-6-10-17)15-32-22(28)14-24-19-12-11-18(26(30)31)13-20(19)33-23(24)29/h11-13,16-17H,1-10,14-15H2. The highest BCUT2D eigenvalue weighted by Gasteiger charge is 2.33. The SMILES string of the molecule is O=C(Cn1c(=O)oc2cc([N+](=O)[O-])ccc21)OCC(=O)N(C1CCCCC1)C1CCCCC1. The Hall–Kier alpha value is -3.17. The van der Waals surface area contributed by atoms with E-state index in [9.17, 15) is 24.5 Å². The van der Waals surface area contributed by atoms with Crippen LogP contribution >= 0.6 is 0 Å². The van der Waals surface area contributed by atoms with E-state index < -0.39 is 23.2 Å². The number of esters is 1. The van der Waals surface area contributed by atoms with Crippen LogP contribution in [0.2, 0.25) is 0 Å². The summed E-state index contributed by atoms with van der Waals surface area (Å²) in [5.41, 5.74) is 0.0425. The Bertz CT molecular complexity index is 1060. The molecule has 0 saturated heterocycles. The van der Waals surface area contributed by atoms with E-state index in [1.807, 2.05) is 4.90 Å². The zero-order valence-corrected chi connectivity index (χ0v) is 18.6. The number of nitro groups is 1. The van der Waals surface area contributed by atoms with Crippen LogP contribution in [-0.4, -0.2) is 45.0 Å². The monoisotopic (exact) mass is 459 g/mol. The molecule has 0 unspecified atom stereocenters. The van der Waals surface area contributed by atoms with Gasteiger partial charge in [0.1, 0.15) is 6.54 Å². The second-order valence-electron chi connectivity index (χ2n) is 8.91. The van der Waals surface area contributed by atoms with Gasteiger partial charge in [0.25, 0.3) is 11.6 Å². The number of amides is 1. The van der Waals surface area contributed by atoms with Crippen LogP contribution in [0.25, 0.3) is 11.1 Å². The van der Waals surface area contributed by atoms with Gasteiger partial charge in [0, 0.05) is 18.2 Å². The summed E-state index contributed by atoms with van der Waals surface area (Å²) in [5, 5.41) is 10.9. The minimum atomic E-state index is -0.820. The van der Waals surface area contributed by atoms with Crippen LogP contribution < -0.4 is 5.76 Å². The second-order valence-corrected chi connectivity index (χ2v) is 8.91. The van der Waals surface area contributed by atoms with Crippen LogP contribution in [0.3, 0.4) is 0 Å². The van der Waals surface area contributed by atoms with Crippen molar-refractivity contribution in [1.29, 1.82) is 0 Å². The Labute approximate surface area is 190 Å². The second kappa shape index (κ2) is 10.2. The summed E-state index contributed by atoms with van der Waals surface area (Å²) in [6.45, 7) is -0.800. The summed E-state index contributed by atoms with van der Waals surface area (Å²) in [7, 11) is 0. The predicted octanol–water partition coefficient (Wildman–Crippen LogP) is 3.54. The molecule has 178 valence electrons. The lowest BCUT2D eigenvalue weighted by molar-refractivity contribution is -0.384. The molecule has 2 saturated carbocycles. The fraction of sp³-hybridized carbons (Fsp3) is 0.609. The van der Waals surface area contributed by atoms with Gasteiger partial charge in [0.15, 0.2) is 12.2 Å². The first kappa shape index (κ1) is 23.0. The average Bonchev–Trinajstić information content (AvgIpc) is 3.13. The summed E-state index contributed by atoms with van der Waals surface area (Å²) in [4.78, 5) is 50.0. The predicted molar refractivity (Wildman–Crippen MR) is 119 cm³/mol. The number of rotatable bonds is 7. The molecule has 0 bridgehead atoms. The van der Waals surface area contributed by atoms with Gasteiger partial charge in [-0.25, -0.2) is 4.79 Å². The number of benzene rings is 1.